The predicted molar refractivity (Wildman–Crippen MR) is 74.7 cm³/mol. The molecule has 112 valence electrons. The molecule has 2 rings (SSSR count). The molecule has 1 aliphatic rings. The molecule has 0 aliphatic carbocycles. The topological polar surface area (TPSA) is 113 Å². The van der Waals surface area contributed by atoms with E-state index in [0.717, 1.165) is 11.1 Å². The van der Waals surface area contributed by atoms with Gasteiger partial charge in [-0.1, -0.05) is 6.07 Å². The average molecular weight is 291 g/mol. The Morgan fingerprint density at radius 1 is 1.33 bits per heavy atom. The van der Waals surface area contributed by atoms with Gasteiger partial charge in [-0.3, -0.25) is 4.79 Å². The van der Waals surface area contributed by atoms with E-state index in [2.05, 4.69) is 5.32 Å². The van der Waals surface area contributed by atoms with E-state index in [-0.39, 0.29) is 11.5 Å². The summed E-state index contributed by atoms with van der Waals surface area (Å²) in [4.78, 5) is 35.6. The Morgan fingerprint density at radius 3 is 2.67 bits per heavy atom. The first-order valence-electron chi connectivity index (χ1n) is 6.58. The van der Waals surface area contributed by atoms with Crippen LogP contribution >= 0.6 is 0 Å². The predicted octanol–water partition coefficient (Wildman–Crippen LogP) is 0.326. The number of urea groups is 1. The number of nitrogens with zero attached hydrogens (tertiary/aromatic N) is 1. The smallest absolute Gasteiger partial charge is 0.335 e. The van der Waals surface area contributed by atoms with Crippen LogP contribution in [0, 0.1) is 0 Å². The van der Waals surface area contributed by atoms with Gasteiger partial charge in [0, 0.05) is 13.1 Å². The van der Waals surface area contributed by atoms with Gasteiger partial charge in [0.05, 0.1) is 5.56 Å². The van der Waals surface area contributed by atoms with E-state index in [1.165, 1.54) is 0 Å². The first-order chi connectivity index (χ1) is 9.88. The minimum atomic E-state index is -0.995. The zero-order valence-corrected chi connectivity index (χ0v) is 11.6. The summed E-state index contributed by atoms with van der Waals surface area (Å²) in [5.74, 6) is -1.23. The van der Waals surface area contributed by atoms with Gasteiger partial charge < -0.3 is 21.1 Å². The van der Waals surface area contributed by atoms with Gasteiger partial charge in [0.15, 0.2) is 0 Å². The van der Waals surface area contributed by atoms with Gasteiger partial charge in [0.2, 0.25) is 5.91 Å². The van der Waals surface area contributed by atoms with Gasteiger partial charge in [-0.15, -0.1) is 0 Å². The maximum absolute atomic E-state index is 12.2. The third-order valence-electron chi connectivity index (χ3n) is 3.51. The van der Waals surface area contributed by atoms with E-state index in [9.17, 15) is 14.4 Å². The summed E-state index contributed by atoms with van der Waals surface area (Å²) in [5, 5.41) is 11.4. The number of primary amides is 1. The number of carboxylic acids is 1. The Labute approximate surface area is 121 Å². The van der Waals surface area contributed by atoms with E-state index in [4.69, 9.17) is 10.8 Å². The second-order valence-corrected chi connectivity index (χ2v) is 5.03. The largest absolute Gasteiger partial charge is 0.478 e. The van der Waals surface area contributed by atoms with Crippen LogP contribution in [0.5, 0.6) is 0 Å². The van der Waals surface area contributed by atoms with Crippen LogP contribution in [-0.2, 0) is 17.8 Å². The molecule has 0 saturated heterocycles. The highest BCUT2D eigenvalue weighted by Gasteiger charge is 2.25. The number of carboxylic acid groups (broad SMARTS) is 1. The maximum Gasteiger partial charge on any atom is 0.335 e. The third-order valence-corrected chi connectivity index (χ3v) is 3.51. The third kappa shape index (κ3) is 3.31. The zero-order chi connectivity index (χ0) is 15.6. The Balaban J connectivity index is 2.14. The number of hydrogen-bond acceptors (Lipinski definition) is 3. The number of nitrogens with two attached hydrogens (primary N) is 1. The van der Waals surface area contributed by atoms with Crippen molar-refractivity contribution < 1.29 is 19.5 Å². The van der Waals surface area contributed by atoms with Crippen molar-refractivity contribution in [1.82, 2.24) is 10.2 Å². The second kappa shape index (κ2) is 5.82. The van der Waals surface area contributed by atoms with Crippen molar-refractivity contribution in [3.8, 4) is 0 Å². The van der Waals surface area contributed by atoms with E-state index < -0.39 is 18.0 Å². The zero-order valence-electron chi connectivity index (χ0n) is 11.6. The number of fused-ring (bicyclic) bond motifs is 1. The van der Waals surface area contributed by atoms with Crippen molar-refractivity contribution in [3.63, 3.8) is 0 Å². The molecule has 4 N–H and O–H groups in total. The van der Waals surface area contributed by atoms with E-state index >= 15 is 0 Å². The Kier molecular flexibility index (Phi) is 4.11. The summed E-state index contributed by atoms with van der Waals surface area (Å²) >= 11 is 0. The Hall–Kier alpha value is -2.57. The standard InChI is InChI=1S/C14H17N3O4/c1-8(16-14(15)21)12(18)17-5-4-9-2-3-10(13(19)20)6-11(9)7-17/h2-3,6,8H,4-5,7H2,1H3,(H,19,20)(H3,15,16,21). The van der Waals surface area contributed by atoms with Gasteiger partial charge >= 0.3 is 12.0 Å². The normalized spacial score (nSPS) is 15.0. The van der Waals surface area contributed by atoms with Crippen molar-refractivity contribution in [2.75, 3.05) is 6.54 Å². The van der Waals surface area contributed by atoms with Crippen LogP contribution in [0.1, 0.15) is 28.4 Å². The van der Waals surface area contributed by atoms with Gasteiger partial charge in [-0.05, 0) is 36.6 Å². The average Bonchev–Trinajstić information content (AvgIpc) is 2.44. The fourth-order valence-corrected chi connectivity index (χ4v) is 2.43. The highest BCUT2D eigenvalue weighted by atomic mass is 16.4. The number of hydrogen-bond donors (Lipinski definition) is 3. The SMILES string of the molecule is CC(NC(N)=O)C(=O)N1CCc2ccc(C(=O)O)cc2C1. The molecule has 0 radical (unpaired) electrons. The molecule has 1 heterocycles. The van der Waals surface area contributed by atoms with Crippen LogP contribution in [-0.4, -0.2) is 40.5 Å². The molecular weight excluding hydrogens is 274 g/mol. The van der Waals surface area contributed by atoms with E-state index in [1.54, 1.807) is 30.0 Å². The first-order valence-corrected chi connectivity index (χ1v) is 6.58. The van der Waals surface area contributed by atoms with Crippen molar-refractivity contribution in [1.29, 1.82) is 0 Å². The lowest BCUT2D eigenvalue weighted by atomic mass is 9.97. The molecule has 1 unspecified atom stereocenters. The molecule has 7 nitrogen and oxygen atoms in total. The number of carbonyl (C=O) groups is 3. The van der Waals surface area contributed by atoms with Gasteiger partial charge in [0.25, 0.3) is 0 Å². The maximum atomic E-state index is 12.2. The Morgan fingerprint density at radius 2 is 2.05 bits per heavy atom. The molecule has 21 heavy (non-hydrogen) atoms. The summed E-state index contributed by atoms with van der Waals surface area (Å²) in [7, 11) is 0. The van der Waals surface area contributed by atoms with E-state index in [1.807, 2.05) is 0 Å². The molecule has 0 bridgehead atoms. The monoisotopic (exact) mass is 291 g/mol. The van der Waals surface area contributed by atoms with Crippen molar-refractivity contribution in [2.45, 2.75) is 25.9 Å². The molecule has 1 aromatic rings. The highest BCUT2D eigenvalue weighted by molar-refractivity contribution is 5.88. The molecule has 1 aromatic carbocycles. The van der Waals surface area contributed by atoms with Crippen molar-refractivity contribution in [3.05, 3.63) is 34.9 Å². The number of amides is 3. The molecule has 0 saturated carbocycles. The molecule has 3 amide bonds. The molecule has 0 spiro atoms. The summed E-state index contributed by atoms with van der Waals surface area (Å²) in [5.41, 5.74) is 7.07. The summed E-state index contributed by atoms with van der Waals surface area (Å²) < 4.78 is 0. The van der Waals surface area contributed by atoms with Crippen molar-refractivity contribution in [2.24, 2.45) is 5.73 Å². The van der Waals surface area contributed by atoms with Crippen LogP contribution in [0.4, 0.5) is 4.79 Å². The minimum absolute atomic E-state index is 0.200. The van der Waals surface area contributed by atoms with Crippen LogP contribution in [0.3, 0.4) is 0 Å². The van der Waals surface area contributed by atoms with Gasteiger partial charge in [-0.25, -0.2) is 9.59 Å². The van der Waals surface area contributed by atoms with Crippen LogP contribution in [0.25, 0.3) is 0 Å². The molecule has 1 aliphatic heterocycles. The Bertz CT molecular complexity index is 600. The van der Waals surface area contributed by atoms with Gasteiger partial charge in [0.1, 0.15) is 6.04 Å². The molecular formula is C14H17N3O4. The van der Waals surface area contributed by atoms with Gasteiger partial charge in [-0.2, -0.15) is 0 Å². The number of rotatable bonds is 3. The highest BCUT2D eigenvalue weighted by Crippen LogP contribution is 2.21. The number of aromatic carboxylic acids is 1. The van der Waals surface area contributed by atoms with Crippen molar-refractivity contribution >= 4 is 17.9 Å². The lowest BCUT2D eigenvalue weighted by Crippen LogP contribution is -2.49. The summed E-state index contributed by atoms with van der Waals surface area (Å²) in [6.45, 7) is 2.43. The molecule has 0 aromatic heterocycles. The van der Waals surface area contributed by atoms with Crippen LogP contribution in [0.2, 0.25) is 0 Å². The fraction of sp³-hybridized carbons (Fsp3) is 0.357. The van der Waals surface area contributed by atoms with E-state index in [0.29, 0.717) is 19.5 Å². The summed E-state index contributed by atoms with van der Waals surface area (Å²) in [6.07, 6.45) is 0.657. The lowest BCUT2D eigenvalue weighted by Gasteiger charge is -2.31. The number of carbonyl (C=O) groups excluding carboxylic acids is 2. The lowest BCUT2D eigenvalue weighted by molar-refractivity contribution is -0.133. The van der Waals surface area contributed by atoms with Crippen LogP contribution in [0.15, 0.2) is 18.2 Å². The number of benzene rings is 1. The fourth-order valence-electron chi connectivity index (χ4n) is 2.43. The second-order valence-electron chi connectivity index (χ2n) is 5.03. The minimum Gasteiger partial charge on any atom is -0.478 e. The number of nitrogens with one attached hydrogen (secondary N) is 1. The molecule has 0 fully saturated rings. The quantitative estimate of drug-likeness (QED) is 0.744. The molecule has 7 heteroatoms. The summed E-state index contributed by atoms with van der Waals surface area (Å²) in [6, 6.07) is 3.48. The van der Waals surface area contributed by atoms with Crippen LogP contribution < -0.4 is 11.1 Å². The first kappa shape index (κ1) is 14.8. The molecule has 1 atom stereocenters.